The number of aliphatic hydroxyl groups is 1. The van der Waals surface area contributed by atoms with Gasteiger partial charge in [-0.05, 0) is 39.5 Å². The molecule has 8 fully saturated rings. The molecule has 1 aromatic carbocycles. The van der Waals surface area contributed by atoms with Gasteiger partial charge in [-0.25, -0.2) is 9.59 Å². The number of benzene rings is 1. The van der Waals surface area contributed by atoms with Crippen LogP contribution >= 0.6 is 0 Å². The molecule has 3 saturated carbocycles. The van der Waals surface area contributed by atoms with Gasteiger partial charge < -0.3 is 38.3 Å². The molecule has 3 unspecified atom stereocenters. The zero-order chi connectivity index (χ0) is 32.2. The second-order valence-electron chi connectivity index (χ2n) is 15.2. The minimum atomic E-state index is -1.76. The fourth-order valence-corrected chi connectivity index (χ4v) is 9.12. The Kier molecular flexibility index (Phi) is 5.51. The Morgan fingerprint density at radius 1 is 0.689 bits per heavy atom. The highest BCUT2D eigenvalue weighted by molar-refractivity contribution is 5.94. The summed E-state index contributed by atoms with van der Waals surface area (Å²) in [4.78, 5) is 54.0. The van der Waals surface area contributed by atoms with Crippen LogP contribution < -0.4 is 0 Å². The summed E-state index contributed by atoms with van der Waals surface area (Å²) >= 11 is 0. The van der Waals surface area contributed by atoms with Gasteiger partial charge in [0.15, 0.2) is 12.2 Å². The molecule has 242 valence electrons. The molecule has 9 rings (SSSR count). The molecule has 8 aliphatic rings. The summed E-state index contributed by atoms with van der Waals surface area (Å²) in [6.45, 7) is 10.8. The predicted octanol–water partition coefficient (Wildman–Crippen LogP) is 2.42. The second kappa shape index (κ2) is 8.44. The van der Waals surface area contributed by atoms with Gasteiger partial charge in [0.2, 0.25) is 11.2 Å². The van der Waals surface area contributed by atoms with Crippen molar-refractivity contribution in [2.24, 2.45) is 21.7 Å². The SMILES string of the molecule is CC1(C)[C@@]2(C)CC[C@]1(C(=O)O[C@H]1C3OC4(c5ccccc5)O[C@@H]1C(O)[C@H](O4)[C@H]3OC(=O)[C@@]13CC[C@@](C)(C(=O)O1)C3(C)C)OC2=O. The molecule has 5 saturated heterocycles. The van der Waals surface area contributed by atoms with E-state index in [2.05, 4.69) is 0 Å². The third kappa shape index (κ3) is 3.08. The summed E-state index contributed by atoms with van der Waals surface area (Å²) in [6.07, 6.45) is -5.87. The second-order valence-corrected chi connectivity index (χ2v) is 15.2. The summed E-state index contributed by atoms with van der Waals surface area (Å²) < 4.78 is 42.6. The number of hydrogen-bond acceptors (Lipinski definition) is 12. The number of ether oxygens (including phenoxy) is 7. The molecule has 0 amide bonds. The largest absolute Gasteiger partial charge is 0.454 e. The van der Waals surface area contributed by atoms with Crippen LogP contribution in [0.25, 0.3) is 0 Å². The van der Waals surface area contributed by atoms with E-state index in [0.717, 1.165) is 0 Å². The summed E-state index contributed by atoms with van der Waals surface area (Å²) in [7, 11) is 0. The maximum Gasteiger partial charge on any atom is 0.351 e. The molecule has 8 bridgehead atoms. The van der Waals surface area contributed by atoms with Gasteiger partial charge >= 0.3 is 29.9 Å². The lowest BCUT2D eigenvalue weighted by atomic mass is 9.66. The van der Waals surface area contributed by atoms with Crippen LogP contribution in [-0.4, -0.2) is 76.8 Å². The van der Waals surface area contributed by atoms with E-state index < -0.39 is 99.3 Å². The van der Waals surface area contributed by atoms with Crippen molar-refractivity contribution < 1.29 is 57.4 Å². The average molecular weight is 627 g/mol. The van der Waals surface area contributed by atoms with Gasteiger partial charge in [-0.1, -0.05) is 58.0 Å². The van der Waals surface area contributed by atoms with Gasteiger partial charge in [-0.15, -0.1) is 0 Å². The number of esters is 4. The number of fused-ring (bicyclic) bond motifs is 4. The van der Waals surface area contributed by atoms with E-state index in [1.165, 1.54) is 0 Å². The number of hydrogen-bond donors (Lipinski definition) is 1. The normalized spacial score (nSPS) is 49.1. The minimum Gasteiger partial charge on any atom is -0.454 e. The third-order valence-electron chi connectivity index (χ3n) is 13.3. The van der Waals surface area contributed by atoms with Crippen molar-refractivity contribution in [2.75, 3.05) is 0 Å². The van der Waals surface area contributed by atoms with Gasteiger partial charge in [-0.3, -0.25) is 9.59 Å². The Balaban J connectivity index is 1.15. The molecule has 5 heterocycles. The Bertz CT molecular complexity index is 1450. The topological polar surface area (TPSA) is 153 Å². The molecule has 12 heteroatoms. The van der Waals surface area contributed by atoms with Crippen LogP contribution in [0.2, 0.25) is 0 Å². The first-order valence-electron chi connectivity index (χ1n) is 15.7. The maximum absolute atomic E-state index is 14.1. The number of carbonyl (C=O) groups excluding carboxylic acids is 4. The van der Waals surface area contributed by atoms with E-state index in [-0.39, 0.29) is 12.8 Å². The van der Waals surface area contributed by atoms with Gasteiger partial charge in [0, 0.05) is 16.4 Å². The zero-order valence-electron chi connectivity index (χ0n) is 26.1. The Morgan fingerprint density at radius 3 is 1.49 bits per heavy atom. The first-order chi connectivity index (χ1) is 21.0. The van der Waals surface area contributed by atoms with E-state index in [0.29, 0.717) is 18.4 Å². The lowest BCUT2D eigenvalue weighted by molar-refractivity contribution is -0.547. The highest BCUT2D eigenvalue weighted by Crippen LogP contribution is 2.67. The molecular weight excluding hydrogens is 588 g/mol. The molecule has 1 N–H and O–H groups in total. The van der Waals surface area contributed by atoms with Crippen LogP contribution in [0.3, 0.4) is 0 Å². The lowest BCUT2D eigenvalue weighted by Gasteiger charge is -2.61. The smallest absolute Gasteiger partial charge is 0.351 e. The van der Waals surface area contributed by atoms with Crippen molar-refractivity contribution in [2.45, 2.75) is 121 Å². The first kappa shape index (κ1) is 29.3. The van der Waals surface area contributed by atoms with Crippen LogP contribution in [0.5, 0.6) is 0 Å². The standard InChI is InChI=1S/C33H38O12/c1-27(2)29(5)12-14-31(27,44-23(29)35)25(37)39-20-18-17(34)19-21(22(20)43-33(41-18,42-19)16-10-8-7-9-11-16)40-26(38)32-15-13-30(6,24(36)45-32)28(32,3)4/h7-11,17-22,34H,12-15H2,1-6H3/t17?,18-,19+,20-,21-,22?,29+,30+,31-,32-,33?/m1/s1. The van der Waals surface area contributed by atoms with Crippen LogP contribution in [0.4, 0.5) is 0 Å². The summed E-state index contributed by atoms with van der Waals surface area (Å²) in [6, 6.07) is 8.83. The third-order valence-corrected chi connectivity index (χ3v) is 13.3. The van der Waals surface area contributed by atoms with Gasteiger partial charge in [-0.2, -0.15) is 0 Å². The molecule has 0 spiro atoms. The summed E-state index contributed by atoms with van der Waals surface area (Å²) in [5, 5.41) is 11.6. The van der Waals surface area contributed by atoms with Crippen LogP contribution in [0.15, 0.2) is 30.3 Å². The van der Waals surface area contributed by atoms with Crippen molar-refractivity contribution in [3.8, 4) is 0 Å². The van der Waals surface area contributed by atoms with E-state index >= 15 is 0 Å². The summed E-state index contributed by atoms with van der Waals surface area (Å²) in [5.74, 6) is -4.26. The molecule has 3 aliphatic carbocycles. The van der Waals surface area contributed by atoms with E-state index in [1.807, 2.05) is 33.8 Å². The fourth-order valence-electron chi connectivity index (χ4n) is 9.12. The fraction of sp³-hybridized carbons (Fsp3) is 0.697. The van der Waals surface area contributed by atoms with Crippen LogP contribution in [0, 0.1) is 21.7 Å². The Hall–Kier alpha value is -3.06. The maximum atomic E-state index is 14.1. The molecule has 12 nitrogen and oxygen atoms in total. The van der Waals surface area contributed by atoms with Crippen LogP contribution in [0.1, 0.15) is 72.8 Å². The summed E-state index contributed by atoms with van der Waals surface area (Å²) in [5.41, 5.74) is -6.10. The molecular formula is C33H38O12. The highest BCUT2D eigenvalue weighted by atomic mass is 16.9. The van der Waals surface area contributed by atoms with Crippen molar-refractivity contribution >= 4 is 23.9 Å². The zero-order valence-corrected chi connectivity index (χ0v) is 26.1. The molecule has 0 aromatic heterocycles. The average Bonchev–Trinajstić information content (AvgIpc) is 3.47. The number of rotatable bonds is 5. The Labute approximate surface area is 259 Å². The Morgan fingerprint density at radius 2 is 1.11 bits per heavy atom. The predicted molar refractivity (Wildman–Crippen MR) is 148 cm³/mol. The number of carbonyl (C=O) groups is 4. The minimum absolute atomic E-state index is 0.271. The van der Waals surface area contributed by atoms with Gasteiger partial charge in [0.25, 0.3) is 0 Å². The lowest BCUT2D eigenvalue weighted by Crippen LogP contribution is -2.79. The first-order valence-corrected chi connectivity index (χ1v) is 15.7. The van der Waals surface area contributed by atoms with Gasteiger partial charge in [0.1, 0.15) is 24.4 Å². The van der Waals surface area contributed by atoms with Crippen molar-refractivity contribution in [3.05, 3.63) is 35.9 Å². The van der Waals surface area contributed by atoms with Crippen molar-refractivity contribution in [1.82, 2.24) is 0 Å². The van der Waals surface area contributed by atoms with E-state index in [9.17, 15) is 24.3 Å². The highest BCUT2D eigenvalue weighted by Gasteiger charge is 2.79. The molecule has 1 aromatic rings. The molecule has 5 aliphatic heterocycles. The van der Waals surface area contributed by atoms with E-state index in [4.69, 9.17) is 33.2 Å². The quantitative estimate of drug-likeness (QED) is 0.377. The molecule has 11 atom stereocenters. The van der Waals surface area contributed by atoms with Gasteiger partial charge in [0.05, 0.1) is 10.8 Å². The van der Waals surface area contributed by atoms with E-state index in [1.54, 1.807) is 38.1 Å². The number of aliphatic hydroxyl groups excluding tert-OH is 1. The monoisotopic (exact) mass is 626 g/mol. The van der Waals surface area contributed by atoms with Crippen LogP contribution in [-0.2, 0) is 58.3 Å². The van der Waals surface area contributed by atoms with Crippen molar-refractivity contribution in [3.63, 3.8) is 0 Å². The molecule has 0 radical (unpaired) electrons. The molecule has 45 heavy (non-hydrogen) atoms. The van der Waals surface area contributed by atoms with Crippen molar-refractivity contribution in [1.29, 1.82) is 0 Å².